The van der Waals surface area contributed by atoms with Crippen molar-refractivity contribution in [2.24, 2.45) is 0 Å². The molecule has 36 heavy (non-hydrogen) atoms. The van der Waals surface area contributed by atoms with Crippen LogP contribution in [-0.2, 0) is 10.1 Å². The summed E-state index contributed by atoms with van der Waals surface area (Å²) in [5.74, 6) is -49.8. The molecule has 0 heterocycles. The van der Waals surface area contributed by atoms with Gasteiger partial charge in [0.25, 0.3) is 11.9 Å². The molecule has 0 spiro atoms. The molecule has 4 atom stereocenters. The second-order valence-electron chi connectivity index (χ2n) is 6.50. The van der Waals surface area contributed by atoms with Gasteiger partial charge in [-0.2, -0.15) is 61.1 Å². The van der Waals surface area contributed by atoms with E-state index in [1.54, 1.807) is 0 Å². The van der Waals surface area contributed by atoms with Crippen molar-refractivity contribution in [3.63, 3.8) is 0 Å². The maximum atomic E-state index is 13.4. The summed E-state index contributed by atoms with van der Waals surface area (Å²) in [6.07, 6.45) is -20.7. The maximum Gasteiger partial charge on any atom is 0.384 e. The van der Waals surface area contributed by atoms with Crippen molar-refractivity contribution in [1.82, 2.24) is 5.32 Å². The highest BCUT2D eigenvalue weighted by Crippen LogP contribution is 2.61. The summed E-state index contributed by atoms with van der Waals surface area (Å²) in [6.45, 7) is 0. The Labute approximate surface area is 188 Å². The molecule has 0 rings (SSSR count). The molecule has 0 aliphatic carbocycles. The predicted molar refractivity (Wildman–Crippen MR) is 81.8 cm³/mol. The Bertz CT molecular complexity index is 819. The molecule has 0 aliphatic heterocycles. The monoisotopic (exact) mass is 605 g/mol. The third-order valence-electron chi connectivity index (χ3n) is 3.74. The Kier molecular flexibility index (Phi) is 11.4. The van der Waals surface area contributed by atoms with Gasteiger partial charge in [0.2, 0.25) is 6.17 Å². The van der Waals surface area contributed by atoms with Crippen molar-refractivity contribution in [2.75, 3.05) is 14.1 Å². The van der Waals surface area contributed by atoms with Gasteiger partial charge in [0.05, 0.1) is 0 Å². The topological polar surface area (TPSA) is 66.4 Å². The minimum absolute atomic E-state index is 1.88. The number of nitrogens with one attached hydrogen (secondary N) is 1. The fourth-order valence-electron chi connectivity index (χ4n) is 1.82. The van der Waals surface area contributed by atoms with Crippen LogP contribution in [0.2, 0.25) is 0 Å². The fraction of sp³-hybridized carbons (Fsp3) is 1.00. The number of halogens is 18. The lowest BCUT2D eigenvalue weighted by Crippen LogP contribution is -2.73. The van der Waals surface area contributed by atoms with E-state index < -0.39 is 76.1 Å². The summed E-state index contributed by atoms with van der Waals surface area (Å²) in [5.41, 5.74) is -5.96. The summed E-state index contributed by atoms with van der Waals surface area (Å²) < 4.78 is 263. The van der Waals surface area contributed by atoms with Gasteiger partial charge >= 0.3 is 45.7 Å². The van der Waals surface area contributed by atoms with E-state index in [1.165, 1.54) is 0 Å². The van der Waals surface area contributed by atoms with Crippen LogP contribution in [0.1, 0.15) is 0 Å². The van der Waals surface area contributed by atoms with Gasteiger partial charge in [0.1, 0.15) is 0 Å². The first kappa shape index (κ1) is 36.8. The van der Waals surface area contributed by atoms with Crippen molar-refractivity contribution < 1.29 is 92.0 Å². The van der Waals surface area contributed by atoms with Gasteiger partial charge in [0.15, 0.2) is 12.3 Å². The molecule has 0 radical (unpaired) electrons. The molecule has 23 heteroatoms. The first-order valence-corrected chi connectivity index (χ1v) is 9.66. The van der Waals surface area contributed by atoms with Crippen molar-refractivity contribution in [2.45, 2.75) is 66.0 Å². The number of rotatable bonds is 11. The van der Waals surface area contributed by atoms with Gasteiger partial charge in [0, 0.05) is 0 Å². The van der Waals surface area contributed by atoms with Gasteiger partial charge < -0.3 is 5.32 Å². The van der Waals surface area contributed by atoms with Gasteiger partial charge in [-0.3, -0.25) is 4.55 Å². The number of hydrogen-bond donors (Lipinski definition) is 2. The average Bonchev–Trinajstić information content (AvgIpc) is 2.70. The molecule has 0 saturated heterocycles. The largest absolute Gasteiger partial charge is 0.384 e. The van der Waals surface area contributed by atoms with E-state index in [-0.39, 0.29) is 0 Å². The molecule has 0 aromatic rings. The molecular formula is C13H13F18NO3S. The Hall–Kier alpha value is -1.39. The van der Waals surface area contributed by atoms with E-state index in [0.717, 1.165) is 0 Å². The normalized spacial score (nSPS) is 18.3. The average molecular weight is 605 g/mol. The van der Waals surface area contributed by atoms with Crippen LogP contribution >= 0.6 is 0 Å². The van der Waals surface area contributed by atoms with Crippen molar-refractivity contribution >= 4 is 10.1 Å². The SMILES string of the molecule is CNC.O=S(=O)(O)C(F)C(F)(F)C(F)(F)C(F)(F)C(F)(F)C(F)(F)C(F)(F)C(F)C(F)C(F)C(F)F. The second kappa shape index (κ2) is 11.2. The third-order valence-corrected chi connectivity index (χ3v) is 4.56. The summed E-state index contributed by atoms with van der Waals surface area (Å²) in [4.78, 5) is 0. The Balaban J connectivity index is 0. The van der Waals surface area contributed by atoms with Crippen molar-refractivity contribution in [3.8, 4) is 0 Å². The van der Waals surface area contributed by atoms with Crippen LogP contribution in [0.5, 0.6) is 0 Å². The molecule has 4 nitrogen and oxygen atoms in total. The van der Waals surface area contributed by atoms with E-state index in [1.807, 2.05) is 14.1 Å². The highest BCUT2D eigenvalue weighted by Gasteiger charge is 2.92. The van der Waals surface area contributed by atoms with Crippen LogP contribution in [0.25, 0.3) is 0 Å². The van der Waals surface area contributed by atoms with Crippen LogP contribution in [0, 0.1) is 0 Å². The zero-order valence-corrected chi connectivity index (χ0v) is 17.7. The van der Waals surface area contributed by atoms with Crippen LogP contribution in [0.3, 0.4) is 0 Å². The first-order valence-electron chi connectivity index (χ1n) is 8.16. The van der Waals surface area contributed by atoms with E-state index >= 15 is 0 Å². The Morgan fingerprint density at radius 2 is 0.861 bits per heavy atom. The molecule has 0 aliphatic rings. The lowest BCUT2D eigenvalue weighted by atomic mass is 9.88. The molecule has 0 fully saturated rings. The molecule has 220 valence electrons. The highest BCUT2D eigenvalue weighted by molar-refractivity contribution is 7.86. The second-order valence-corrected chi connectivity index (χ2v) is 7.94. The predicted octanol–water partition coefficient (Wildman–Crippen LogP) is 5.10. The van der Waals surface area contributed by atoms with Gasteiger partial charge in [-0.15, -0.1) is 0 Å². The van der Waals surface area contributed by atoms with Gasteiger partial charge in [-0.1, -0.05) is 0 Å². The van der Waals surface area contributed by atoms with Crippen LogP contribution < -0.4 is 5.32 Å². The molecule has 4 unspecified atom stereocenters. The molecule has 0 bridgehead atoms. The van der Waals surface area contributed by atoms with E-state index in [4.69, 9.17) is 4.55 Å². The van der Waals surface area contributed by atoms with E-state index in [2.05, 4.69) is 5.32 Å². The summed E-state index contributed by atoms with van der Waals surface area (Å²) >= 11 is 0. The minimum Gasteiger partial charge on any atom is -0.323 e. The van der Waals surface area contributed by atoms with E-state index in [0.29, 0.717) is 0 Å². The van der Waals surface area contributed by atoms with Crippen LogP contribution in [0.15, 0.2) is 0 Å². The van der Waals surface area contributed by atoms with E-state index in [9.17, 15) is 87.4 Å². The Morgan fingerprint density at radius 3 is 1.11 bits per heavy atom. The quantitative estimate of drug-likeness (QED) is 0.255. The molecular weight excluding hydrogens is 592 g/mol. The zero-order chi connectivity index (χ0) is 30.1. The molecule has 0 saturated carbocycles. The smallest absolute Gasteiger partial charge is 0.323 e. The number of alkyl halides is 18. The third kappa shape index (κ3) is 6.01. The first-order chi connectivity index (χ1) is 15.5. The zero-order valence-electron chi connectivity index (χ0n) is 16.9. The van der Waals surface area contributed by atoms with Crippen LogP contribution in [0.4, 0.5) is 79.0 Å². The molecule has 0 amide bonds. The summed E-state index contributed by atoms with van der Waals surface area (Å²) in [5, 5.41) is 2.75. The Morgan fingerprint density at radius 1 is 0.583 bits per heavy atom. The lowest BCUT2D eigenvalue weighted by molar-refractivity contribution is -0.432. The molecule has 0 aromatic heterocycles. The van der Waals surface area contributed by atoms with Gasteiger partial charge in [-0.25, -0.2) is 26.3 Å². The molecule has 0 aromatic carbocycles. The highest BCUT2D eigenvalue weighted by atomic mass is 32.2. The van der Waals surface area contributed by atoms with Gasteiger partial charge in [-0.05, 0) is 14.1 Å². The summed E-state index contributed by atoms with van der Waals surface area (Å²) in [7, 11) is -3.44. The maximum absolute atomic E-state index is 13.4. The van der Waals surface area contributed by atoms with Crippen molar-refractivity contribution in [3.05, 3.63) is 0 Å². The molecule has 2 N–H and O–H groups in total. The summed E-state index contributed by atoms with van der Waals surface area (Å²) in [6, 6.07) is 0. The van der Waals surface area contributed by atoms with Crippen LogP contribution in [-0.4, -0.2) is 93.0 Å². The minimum atomic E-state index is -8.68. The fourth-order valence-corrected chi connectivity index (χ4v) is 2.34. The number of hydrogen-bond acceptors (Lipinski definition) is 3. The standard InChI is InChI=1S/C11H6F18O3S.C2H7N/c12-1(2(13)4(15)16)3(14)6(18,19)8(22,23)10(26,27)11(28,29)9(24,25)7(20,21)5(17)33(30,31)32;1-3-2/h1-5H,(H,30,31,32);3H,1-2H3. The van der Waals surface area contributed by atoms with Crippen molar-refractivity contribution in [1.29, 1.82) is 0 Å². The lowest BCUT2D eigenvalue weighted by Gasteiger charge is -2.42.